The first-order chi connectivity index (χ1) is 8.59. The number of nitrogens with one attached hydrogen (secondary N) is 1. The highest BCUT2D eigenvalue weighted by Gasteiger charge is 2.38. The minimum absolute atomic E-state index is 0.277. The smallest absolute Gasteiger partial charge is 0.154 e. The monoisotopic (exact) mass is 307 g/mol. The molecule has 1 rings (SSSR count). The average Bonchev–Trinajstić information content (AvgIpc) is 2.26. The quantitative estimate of drug-likeness (QED) is 0.909. The number of sulfone groups is 1. The van der Waals surface area contributed by atoms with Crippen molar-refractivity contribution in [2.75, 3.05) is 13.3 Å². The van der Waals surface area contributed by atoms with Crippen LogP contribution in [0.3, 0.4) is 0 Å². The van der Waals surface area contributed by atoms with Gasteiger partial charge in [0, 0.05) is 17.3 Å². The summed E-state index contributed by atoms with van der Waals surface area (Å²) < 4.78 is 36.4. The Balaban J connectivity index is 3.07. The van der Waals surface area contributed by atoms with Crippen molar-refractivity contribution in [3.05, 3.63) is 34.6 Å². The molecule has 19 heavy (non-hydrogen) atoms. The number of hydrogen-bond donors (Lipinski definition) is 1. The van der Waals surface area contributed by atoms with Gasteiger partial charge in [-0.25, -0.2) is 12.8 Å². The van der Waals surface area contributed by atoms with Crippen LogP contribution in [0.5, 0.6) is 0 Å². The fourth-order valence-corrected chi connectivity index (χ4v) is 2.74. The van der Waals surface area contributed by atoms with E-state index in [0.717, 1.165) is 0 Å². The summed E-state index contributed by atoms with van der Waals surface area (Å²) in [6.07, 6.45) is 1.47. The normalized spacial score (nSPS) is 14.4. The first-order valence-electron chi connectivity index (χ1n) is 5.90. The van der Waals surface area contributed by atoms with Gasteiger partial charge < -0.3 is 5.32 Å². The molecule has 108 valence electrons. The number of benzene rings is 1. The molecule has 1 N–H and O–H groups in total. The van der Waals surface area contributed by atoms with Crippen molar-refractivity contribution in [3.8, 4) is 0 Å². The summed E-state index contributed by atoms with van der Waals surface area (Å²) in [7, 11) is -1.59. The van der Waals surface area contributed by atoms with Crippen LogP contribution in [-0.4, -0.2) is 32.5 Å². The third-order valence-corrected chi connectivity index (χ3v) is 6.01. The van der Waals surface area contributed by atoms with E-state index in [9.17, 15) is 12.8 Å². The molecule has 1 atom stereocenters. The molecule has 0 heterocycles. The third kappa shape index (κ3) is 3.68. The molecular weight excluding hydrogens is 289 g/mol. The van der Waals surface area contributed by atoms with E-state index in [0.29, 0.717) is 10.6 Å². The van der Waals surface area contributed by atoms with Crippen molar-refractivity contribution in [2.24, 2.45) is 0 Å². The highest BCUT2D eigenvalue weighted by atomic mass is 35.5. The molecule has 0 fully saturated rings. The van der Waals surface area contributed by atoms with Gasteiger partial charge in [-0.05, 0) is 45.0 Å². The maximum Gasteiger partial charge on any atom is 0.154 e. The Kier molecular flexibility index (Phi) is 4.98. The first-order valence-corrected chi connectivity index (χ1v) is 8.17. The van der Waals surface area contributed by atoms with Gasteiger partial charge in [-0.15, -0.1) is 0 Å². The zero-order valence-corrected chi connectivity index (χ0v) is 13.1. The van der Waals surface area contributed by atoms with Gasteiger partial charge >= 0.3 is 0 Å². The summed E-state index contributed by atoms with van der Waals surface area (Å²) in [6.45, 7) is 3.27. The predicted octanol–water partition coefficient (Wildman–Crippen LogP) is 2.43. The van der Waals surface area contributed by atoms with Crippen molar-refractivity contribution < 1.29 is 12.8 Å². The number of rotatable bonds is 5. The Morgan fingerprint density at radius 3 is 2.42 bits per heavy atom. The van der Waals surface area contributed by atoms with Gasteiger partial charge in [0.05, 0.1) is 4.75 Å². The Morgan fingerprint density at radius 2 is 2.00 bits per heavy atom. The molecule has 0 aliphatic carbocycles. The van der Waals surface area contributed by atoms with Crippen molar-refractivity contribution in [2.45, 2.75) is 31.1 Å². The number of hydrogen-bond acceptors (Lipinski definition) is 3. The molecule has 1 aromatic carbocycles. The van der Waals surface area contributed by atoms with Crippen LogP contribution in [0.2, 0.25) is 5.02 Å². The van der Waals surface area contributed by atoms with Gasteiger partial charge in [0.25, 0.3) is 0 Å². The Bertz CT molecular complexity index is 558. The highest BCUT2D eigenvalue weighted by Crippen LogP contribution is 2.24. The maximum atomic E-state index is 13.8. The third-order valence-electron chi connectivity index (χ3n) is 3.58. The second kappa shape index (κ2) is 5.77. The van der Waals surface area contributed by atoms with Crippen LogP contribution < -0.4 is 5.32 Å². The summed E-state index contributed by atoms with van der Waals surface area (Å²) in [4.78, 5) is 0. The van der Waals surface area contributed by atoms with Gasteiger partial charge in [0.15, 0.2) is 9.84 Å². The second-order valence-corrected chi connectivity index (χ2v) is 8.19. The van der Waals surface area contributed by atoms with E-state index < -0.39 is 26.4 Å². The lowest BCUT2D eigenvalue weighted by atomic mass is 9.95. The van der Waals surface area contributed by atoms with E-state index in [4.69, 9.17) is 11.6 Å². The molecule has 0 bridgehead atoms. The number of halogens is 2. The molecule has 0 amide bonds. The van der Waals surface area contributed by atoms with Crippen molar-refractivity contribution >= 4 is 21.4 Å². The molecule has 0 aliphatic rings. The van der Waals surface area contributed by atoms with E-state index in [2.05, 4.69) is 5.32 Å². The van der Waals surface area contributed by atoms with E-state index in [1.165, 1.54) is 12.3 Å². The summed E-state index contributed by atoms with van der Waals surface area (Å²) in [5.74, 6) is -0.419. The zero-order chi connectivity index (χ0) is 14.8. The zero-order valence-electron chi connectivity index (χ0n) is 11.5. The molecule has 3 nitrogen and oxygen atoms in total. The van der Waals surface area contributed by atoms with Gasteiger partial charge in [-0.2, -0.15) is 0 Å². The van der Waals surface area contributed by atoms with E-state index in [1.54, 1.807) is 33.0 Å². The minimum atomic E-state index is -3.27. The topological polar surface area (TPSA) is 46.2 Å². The fraction of sp³-hybridized carbons (Fsp3) is 0.538. The number of likely N-dealkylation sites (N-methyl/N-ethyl adjacent to an activating group) is 1. The largest absolute Gasteiger partial charge is 0.315 e. The summed E-state index contributed by atoms with van der Waals surface area (Å²) in [6, 6.07) is 4.02. The molecule has 0 aromatic heterocycles. The lowest BCUT2D eigenvalue weighted by Gasteiger charge is -2.32. The van der Waals surface area contributed by atoms with Gasteiger partial charge in [0.1, 0.15) is 5.82 Å². The Hall–Kier alpha value is -0.650. The van der Waals surface area contributed by atoms with Crippen LogP contribution in [0.1, 0.15) is 19.4 Å². The maximum absolute atomic E-state index is 13.8. The first kappa shape index (κ1) is 16.4. The average molecular weight is 308 g/mol. The van der Waals surface area contributed by atoms with Crippen LogP contribution in [0.15, 0.2) is 18.2 Å². The molecular formula is C13H19ClFNO2S. The van der Waals surface area contributed by atoms with E-state index >= 15 is 0 Å². The predicted molar refractivity (Wildman–Crippen MR) is 76.9 cm³/mol. The molecule has 0 aliphatic heterocycles. The molecule has 0 saturated carbocycles. The van der Waals surface area contributed by atoms with Crippen LogP contribution >= 0.6 is 11.6 Å². The highest BCUT2D eigenvalue weighted by molar-refractivity contribution is 7.92. The molecule has 1 unspecified atom stereocenters. The molecule has 6 heteroatoms. The lowest BCUT2D eigenvalue weighted by Crippen LogP contribution is -2.51. The second-order valence-electron chi connectivity index (χ2n) is 5.16. The van der Waals surface area contributed by atoms with Gasteiger partial charge in [-0.3, -0.25) is 0 Å². The minimum Gasteiger partial charge on any atom is -0.315 e. The van der Waals surface area contributed by atoms with Crippen LogP contribution in [-0.2, 0) is 16.3 Å². The fourth-order valence-electron chi connectivity index (χ4n) is 1.86. The Labute approximate surface area is 119 Å². The van der Waals surface area contributed by atoms with Crippen molar-refractivity contribution in [1.82, 2.24) is 5.32 Å². The summed E-state index contributed by atoms with van der Waals surface area (Å²) >= 11 is 5.70. The van der Waals surface area contributed by atoms with Gasteiger partial charge in [0.2, 0.25) is 0 Å². The molecule has 0 spiro atoms. The van der Waals surface area contributed by atoms with E-state index in [-0.39, 0.29) is 6.42 Å². The van der Waals surface area contributed by atoms with Crippen molar-refractivity contribution in [1.29, 1.82) is 0 Å². The summed E-state index contributed by atoms with van der Waals surface area (Å²) in [5.41, 5.74) is 0.445. The molecule has 1 aromatic rings. The van der Waals surface area contributed by atoms with Crippen LogP contribution in [0, 0.1) is 5.82 Å². The molecule has 0 saturated heterocycles. The summed E-state index contributed by atoms with van der Waals surface area (Å²) in [5, 5.41) is 3.28. The standard InChI is InChI=1S/C13H19ClFNO2S/c1-13(2,19(4,17)18)12(16-3)7-9-5-6-10(14)8-11(9)15/h5-6,8,12,16H,7H2,1-4H3. The van der Waals surface area contributed by atoms with Crippen LogP contribution in [0.4, 0.5) is 4.39 Å². The van der Waals surface area contributed by atoms with Crippen molar-refractivity contribution in [3.63, 3.8) is 0 Å². The molecule has 0 radical (unpaired) electrons. The van der Waals surface area contributed by atoms with Crippen LogP contribution in [0.25, 0.3) is 0 Å². The SMILES string of the molecule is CNC(Cc1ccc(Cl)cc1F)C(C)(C)S(C)(=O)=O. The van der Waals surface area contributed by atoms with Gasteiger partial charge in [-0.1, -0.05) is 17.7 Å². The lowest BCUT2D eigenvalue weighted by molar-refractivity contribution is 0.425. The van der Waals surface area contributed by atoms with E-state index in [1.807, 2.05) is 0 Å². The Morgan fingerprint density at radius 1 is 1.42 bits per heavy atom.